The Morgan fingerprint density at radius 3 is 2.67 bits per heavy atom. The molecule has 0 amide bonds. The number of rotatable bonds is 3. The summed E-state index contributed by atoms with van der Waals surface area (Å²) < 4.78 is 33.2. The van der Waals surface area contributed by atoms with E-state index < -0.39 is 10.0 Å². The van der Waals surface area contributed by atoms with Crippen molar-refractivity contribution in [1.29, 1.82) is 0 Å². The van der Waals surface area contributed by atoms with Crippen molar-refractivity contribution < 1.29 is 13.2 Å². The summed E-state index contributed by atoms with van der Waals surface area (Å²) in [7, 11) is -0.520. The van der Waals surface area contributed by atoms with Crippen LogP contribution in [0.2, 0.25) is 0 Å². The maximum atomic E-state index is 12.5. The Kier molecular flexibility index (Phi) is 3.77. The molecule has 18 heavy (non-hydrogen) atoms. The lowest BCUT2D eigenvalue weighted by Crippen LogP contribution is -2.41. The first-order chi connectivity index (χ1) is 8.35. The lowest BCUT2D eigenvalue weighted by atomic mass is 10.2. The van der Waals surface area contributed by atoms with Gasteiger partial charge >= 0.3 is 0 Å². The SMILES string of the molecule is CC1OCCC1N(C)S(=O)(=O)c1c(Br)nnn1C. The van der Waals surface area contributed by atoms with Crippen molar-refractivity contribution in [3.8, 4) is 0 Å². The van der Waals surface area contributed by atoms with Crippen LogP contribution in [-0.2, 0) is 21.8 Å². The smallest absolute Gasteiger partial charge is 0.263 e. The van der Waals surface area contributed by atoms with Gasteiger partial charge in [0.05, 0.1) is 12.1 Å². The fraction of sp³-hybridized carbons (Fsp3) is 0.778. The number of aryl methyl sites for hydroxylation is 1. The Labute approximate surface area is 114 Å². The van der Waals surface area contributed by atoms with Crippen LogP contribution < -0.4 is 0 Å². The summed E-state index contributed by atoms with van der Waals surface area (Å²) in [6.45, 7) is 2.46. The van der Waals surface area contributed by atoms with E-state index in [2.05, 4.69) is 26.2 Å². The number of hydrogen-bond donors (Lipinski definition) is 0. The van der Waals surface area contributed by atoms with Crippen LogP contribution in [0.15, 0.2) is 9.63 Å². The normalized spacial score (nSPS) is 24.9. The van der Waals surface area contributed by atoms with E-state index in [0.717, 1.165) is 0 Å². The second-order valence-corrected chi connectivity index (χ2v) is 6.93. The van der Waals surface area contributed by atoms with Gasteiger partial charge in [0.15, 0.2) is 4.60 Å². The molecule has 1 aliphatic rings. The Morgan fingerprint density at radius 2 is 2.22 bits per heavy atom. The van der Waals surface area contributed by atoms with Crippen molar-refractivity contribution in [2.24, 2.45) is 7.05 Å². The van der Waals surface area contributed by atoms with E-state index in [9.17, 15) is 8.42 Å². The Hall–Kier alpha value is -0.510. The number of nitrogens with zero attached hydrogens (tertiary/aromatic N) is 4. The second-order valence-electron chi connectivity index (χ2n) is 4.26. The number of sulfonamides is 1. The lowest BCUT2D eigenvalue weighted by molar-refractivity contribution is 0.102. The molecule has 1 aliphatic heterocycles. The molecule has 9 heteroatoms. The lowest BCUT2D eigenvalue weighted by Gasteiger charge is -2.25. The molecule has 0 radical (unpaired) electrons. The molecule has 1 aromatic rings. The molecule has 0 aliphatic carbocycles. The molecule has 2 rings (SSSR count). The average molecular weight is 339 g/mol. The van der Waals surface area contributed by atoms with Gasteiger partial charge in [-0.2, -0.15) is 4.31 Å². The van der Waals surface area contributed by atoms with Gasteiger partial charge in [0, 0.05) is 20.7 Å². The quantitative estimate of drug-likeness (QED) is 0.795. The Morgan fingerprint density at radius 1 is 1.56 bits per heavy atom. The number of likely N-dealkylation sites (N-methyl/N-ethyl adjacent to an activating group) is 1. The van der Waals surface area contributed by atoms with Gasteiger partial charge in [-0.05, 0) is 29.3 Å². The maximum absolute atomic E-state index is 12.5. The van der Waals surface area contributed by atoms with E-state index in [4.69, 9.17) is 4.74 Å². The van der Waals surface area contributed by atoms with Crippen molar-refractivity contribution in [3.63, 3.8) is 0 Å². The van der Waals surface area contributed by atoms with Gasteiger partial charge in [-0.15, -0.1) is 5.10 Å². The number of aromatic nitrogens is 3. The molecule has 0 bridgehead atoms. The van der Waals surface area contributed by atoms with Crippen LogP contribution in [0.3, 0.4) is 0 Å². The zero-order valence-electron chi connectivity index (χ0n) is 10.4. The van der Waals surface area contributed by atoms with Gasteiger partial charge in [-0.3, -0.25) is 0 Å². The number of ether oxygens (including phenoxy) is 1. The fourth-order valence-electron chi connectivity index (χ4n) is 2.11. The molecule has 1 saturated heterocycles. The molecule has 0 aromatic carbocycles. The molecule has 2 heterocycles. The van der Waals surface area contributed by atoms with Crippen LogP contribution in [0.25, 0.3) is 0 Å². The molecular weight excluding hydrogens is 324 g/mol. The van der Waals surface area contributed by atoms with Gasteiger partial charge in [-0.1, -0.05) is 5.21 Å². The van der Waals surface area contributed by atoms with Crippen molar-refractivity contribution in [1.82, 2.24) is 19.3 Å². The molecule has 102 valence electrons. The molecule has 0 saturated carbocycles. The van der Waals surface area contributed by atoms with Crippen LogP contribution in [0, 0.1) is 0 Å². The molecule has 0 N–H and O–H groups in total. The van der Waals surface area contributed by atoms with E-state index in [1.807, 2.05) is 6.92 Å². The third kappa shape index (κ3) is 2.20. The molecule has 1 aromatic heterocycles. The van der Waals surface area contributed by atoms with Gasteiger partial charge in [0.1, 0.15) is 0 Å². The number of hydrogen-bond acceptors (Lipinski definition) is 5. The fourth-order valence-corrected chi connectivity index (χ4v) is 4.58. The molecule has 0 spiro atoms. The highest BCUT2D eigenvalue weighted by atomic mass is 79.9. The minimum absolute atomic E-state index is 0.0594. The standard InChI is InChI=1S/C9H15BrN4O3S/c1-6-7(4-5-17-6)14(3)18(15,16)9-8(10)11-12-13(9)2/h6-7H,4-5H2,1-3H3. The van der Waals surface area contributed by atoms with E-state index in [0.29, 0.717) is 13.0 Å². The average Bonchev–Trinajstić information content (AvgIpc) is 2.84. The molecule has 1 fully saturated rings. The monoisotopic (exact) mass is 338 g/mol. The summed E-state index contributed by atoms with van der Waals surface area (Å²) in [5.74, 6) is 0. The summed E-state index contributed by atoms with van der Waals surface area (Å²) in [5, 5.41) is 7.46. The third-order valence-corrected chi connectivity index (χ3v) is 5.94. The first-order valence-electron chi connectivity index (χ1n) is 5.50. The highest BCUT2D eigenvalue weighted by Gasteiger charge is 2.38. The van der Waals surface area contributed by atoms with Gasteiger partial charge in [-0.25, -0.2) is 13.1 Å². The van der Waals surface area contributed by atoms with Gasteiger partial charge in [0.2, 0.25) is 5.03 Å². The van der Waals surface area contributed by atoms with Crippen molar-refractivity contribution in [2.45, 2.75) is 30.5 Å². The molecule has 2 atom stereocenters. The maximum Gasteiger partial charge on any atom is 0.263 e. The summed E-state index contributed by atoms with van der Waals surface area (Å²) in [6.07, 6.45) is 0.588. The highest BCUT2D eigenvalue weighted by molar-refractivity contribution is 9.10. The van der Waals surface area contributed by atoms with Crippen LogP contribution in [0.1, 0.15) is 13.3 Å². The topological polar surface area (TPSA) is 77.3 Å². The zero-order chi connectivity index (χ0) is 13.5. The van der Waals surface area contributed by atoms with Gasteiger partial charge < -0.3 is 4.74 Å². The minimum Gasteiger partial charge on any atom is -0.377 e. The summed E-state index contributed by atoms with van der Waals surface area (Å²) in [4.78, 5) is 0. The largest absolute Gasteiger partial charge is 0.377 e. The Balaban J connectivity index is 2.37. The summed E-state index contributed by atoms with van der Waals surface area (Å²) in [6, 6.07) is -0.156. The number of halogens is 1. The predicted molar refractivity (Wildman–Crippen MR) is 67.5 cm³/mol. The molecule has 7 nitrogen and oxygen atoms in total. The van der Waals surface area contributed by atoms with Crippen LogP contribution >= 0.6 is 15.9 Å². The van der Waals surface area contributed by atoms with E-state index in [-0.39, 0.29) is 21.8 Å². The third-order valence-electron chi connectivity index (χ3n) is 3.16. The Bertz CT molecular complexity index is 525. The van der Waals surface area contributed by atoms with Crippen LogP contribution in [-0.4, -0.2) is 53.5 Å². The highest BCUT2D eigenvalue weighted by Crippen LogP contribution is 2.27. The second kappa shape index (κ2) is 4.87. The van der Waals surface area contributed by atoms with Crippen LogP contribution in [0.4, 0.5) is 0 Å². The van der Waals surface area contributed by atoms with Crippen molar-refractivity contribution in [3.05, 3.63) is 4.60 Å². The summed E-state index contributed by atoms with van der Waals surface area (Å²) in [5.41, 5.74) is 0. The first kappa shape index (κ1) is 13.9. The molecule has 2 unspecified atom stereocenters. The van der Waals surface area contributed by atoms with E-state index in [1.54, 1.807) is 14.1 Å². The first-order valence-corrected chi connectivity index (χ1v) is 7.74. The van der Waals surface area contributed by atoms with Crippen LogP contribution in [0.5, 0.6) is 0 Å². The van der Waals surface area contributed by atoms with Gasteiger partial charge in [0.25, 0.3) is 10.0 Å². The van der Waals surface area contributed by atoms with Crippen molar-refractivity contribution in [2.75, 3.05) is 13.7 Å². The van der Waals surface area contributed by atoms with E-state index in [1.165, 1.54) is 8.99 Å². The minimum atomic E-state index is -3.63. The zero-order valence-corrected chi connectivity index (χ0v) is 12.8. The molecular formula is C9H15BrN4O3S. The summed E-state index contributed by atoms with van der Waals surface area (Å²) >= 11 is 3.11. The van der Waals surface area contributed by atoms with E-state index >= 15 is 0 Å². The van der Waals surface area contributed by atoms with Crippen molar-refractivity contribution >= 4 is 26.0 Å². The predicted octanol–water partition coefficient (Wildman–Crippen LogP) is 0.376.